The van der Waals surface area contributed by atoms with E-state index in [0.717, 1.165) is 6.42 Å². The van der Waals surface area contributed by atoms with Crippen LogP contribution in [0, 0.1) is 0 Å². The van der Waals surface area contributed by atoms with Gasteiger partial charge in [0.2, 0.25) is 0 Å². The lowest BCUT2D eigenvalue weighted by Gasteiger charge is -2.25. The molecule has 0 amide bonds. The fourth-order valence-electron chi connectivity index (χ4n) is 1.62. The van der Waals surface area contributed by atoms with Crippen molar-refractivity contribution in [3.05, 3.63) is 29.8 Å². The lowest BCUT2D eigenvalue weighted by atomic mass is 10.2. The number of hydrogen-bond acceptors (Lipinski definition) is 2. The number of rotatable bonds is 6. The van der Waals surface area contributed by atoms with Crippen LogP contribution in [-0.2, 0) is 14.7 Å². The highest BCUT2D eigenvalue weighted by atomic mass is 28.4. The van der Waals surface area contributed by atoms with E-state index in [4.69, 9.17) is 8.23 Å². The molecule has 0 aliphatic carbocycles. The number of aryl methyl sites for hydroxylation is 1. The van der Waals surface area contributed by atoms with E-state index < -0.39 is 17.6 Å². The van der Waals surface area contributed by atoms with Gasteiger partial charge in [0.25, 0.3) is 9.76 Å². The fourth-order valence-corrected chi connectivity index (χ4v) is 8.07. The Balaban J connectivity index is 2.60. The normalized spacial score (nSPS) is 12.1. The molecule has 93 valence electrons. The quantitative estimate of drug-likeness (QED) is 0.746. The van der Waals surface area contributed by atoms with E-state index in [1.165, 1.54) is 10.8 Å². The molecule has 0 bridgehead atoms. The van der Waals surface area contributed by atoms with Crippen LogP contribution in [0.2, 0.25) is 26.2 Å². The summed E-state index contributed by atoms with van der Waals surface area (Å²) >= 11 is 0. The maximum atomic E-state index is 6.04. The van der Waals surface area contributed by atoms with Crippen molar-refractivity contribution < 1.29 is 8.23 Å². The average Bonchev–Trinajstić information content (AvgIpc) is 2.25. The molecule has 0 heterocycles. The van der Waals surface area contributed by atoms with Gasteiger partial charge >= 0.3 is 8.56 Å². The van der Waals surface area contributed by atoms with Crippen LogP contribution in [0.5, 0.6) is 0 Å². The maximum absolute atomic E-state index is 6.04. The summed E-state index contributed by atoms with van der Waals surface area (Å²) in [6.07, 6.45) is 1.06. The summed E-state index contributed by atoms with van der Waals surface area (Å²) in [7, 11) is -2.18. The predicted octanol–water partition coefficient (Wildman–Crippen LogP) is 2.48. The Morgan fingerprint density at radius 2 is 1.88 bits per heavy atom. The molecule has 17 heavy (non-hydrogen) atoms. The van der Waals surface area contributed by atoms with E-state index in [2.05, 4.69) is 57.4 Å². The monoisotopic (exact) mass is 281 g/mol. The van der Waals surface area contributed by atoms with E-state index in [-0.39, 0.29) is 0 Å². The minimum atomic E-state index is -1.93. The Morgan fingerprint density at radius 1 is 1.24 bits per heavy atom. The SMILES string of the molecule is CCc1ccccc1[Si]O[Si](C)(C)O[Si](C)C. The standard InChI is InChI=1S/C12H21O2Si3/c1-6-11-9-7-8-10-12(11)15-13-17(4,5)14-16(2)3/h7-10H,6H2,1-5H3. The van der Waals surface area contributed by atoms with Gasteiger partial charge in [0.15, 0.2) is 9.04 Å². The molecule has 3 radical (unpaired) electrons. The van der Waals surface area contributed by atoms with E-state index in [1.54, 1.807) is 0 Å². The van der Waals surface area contributed by atoms with Gasteiger partial charge in [-0.3, -0.25) is 0 Å². The van der Waals surface area contributed by atoms with Gasteiger partial charge in [0.1, 0.15) is 0 Å². The van der Waals surface area contributed by atoms with Crippen molar-refractivity contribution >= 4 is 32.6 Å². The Hall–Kier alpha value is -0.209. The Kier molecular flexibility index (Phi) is 5.81. The van der Waals surface area contributed by atoms with Gasteiger partial charge in [-0.15, -0.1) is 0 Å². The van der Waals surface area contributed by atoms with Crippen LogP contribution in [0.1, 0.15) is 12.5 Å². The first-order chi connectivity index (χ1) is 7.94. The van der Waals surface area contributed by atoms with Crippen LogP contribution in [0.4, 0.5) is 0 Å². The Labute approximate surface area is 110 Å². The molecule has 2 nitrogen and oxygen atoms in total. The molecular formula is C12H21O2Si3. The van der Waals surface area contributed by atoms with Gasteiger partial charge in [0, 0.05) is 0 Å². The van der Waals surface area contributed by atoms with Crippen molar-refractivity contribution in [1.82, 2.24) is 0 Å². The molecule has 0 spiro atoms. The first kappa shape index (κ1) is 14.9. The zero-order chi connectivity index (χ0) is 12.9. The maximum Gasteiger partial charge on any atom is 0.311 e. The second-order valence-electron chi connectivity index (χ2n) is 4.62. The highest BCUT2D eigenvalue weighted by Crippen LogP contribution is 2.08. The molecule has 5 heteroatoms. The minimum absolute atomic E-state index is 0.414. The zero-order valence-corrected chi connectivity index (χ0v) is 14.3. The largest absolute Gasteiger partial charge is 0.437 e. The summed E-state index contributed by atoms with van der Waals surface area (Å²) < 4.78 is 12.0. The lowest BCUT2D eigenvalue weighted by Crippen LogP contribution is -2.42. The molecule has 0 aromatic heterocycles. The van der Waals surface area contributed by atoms with Gasteiger partial charge in [-0.1, -0.05) is 31.2 Å². The van der Waals surface area contributed by atoms with Gasteiger partial charge in [-0.05, 0) is 43.4 Å². The third-order valence-electron chi connectivity index (χ3n) is 2.25. The molecule has 0 atom stereocenters. The minimum Gasteiger partial charge on any atom is -0.437 e. The average molecular weight is 282 g/mol. The van der Waals surface area contributed by atoms with Gasteiger partial charge in [-0.25, -0.2) is 0 Å². The van der Waals surface area contributed by atoms with Crippen LogP contribution >= 0.6 is 0 Å². The van der Waals surface area contributed by atoms with Gasteiger partial charge < -0.3 is 8.23 Å². The molecule has 1 rings (SSSR count). The van der Waals surface area contributed by atoms with Crippen molar-refractivity contribution in [3.8, 4) is 0 Å². The molecular weight excluding hydrogens is 260 g/mol. The lowest BCUT2D eigenvalue weighted by molar-refractivity contribution is 0.425. The van der Waals surface area contributed by atoms with Gasteiger partial charge in [-0.2, -0.15) is 0 Å². The number of hydrogen-bond donors (Lipinski definition) is 0. The molecule has 1 aromatic rings. The Morgan fingerprint density at radius 3 is 2.47 bits per heavy atom. The van der Waals surface area contributed by atoms with E-state index in [1.807, 2.05) is 0 Å². The van der Waals surface area contributed by atoms with Crippen molar-refractivity contribution in [1.29, 1.82) is 0 Å². The summed E-state index contributed by atoms with van der Waals surface area (Å²) in [5.41, 5.74) is 1.38. The first-order valence-electron chi connectivity index (χ1n) is 5.95. The zero-order valence-electron chi connectivity index (χ0n) is 11.3. The van der Waals surface area contributed by atoms with E-state index >= 15 is 0 Å². The fraction of sp³-hybridized carbons (Fsp3) is 0.500. The van der Waals surface area contributed by atoms with Gasteiger partial charge in [0.05, 0.1) is 0 Å². The second kappa shape index (κ2) is 6.65. The molecule has 0 fully saturated rings. The molecule has 1 aromatic carbocycles. The Bertz CT molecular complexity index is 353. The molecule has 0 aliphatic heterocycles. The summed E-state index contributed by atoms with van der Waals surface area (Å²) in [4.78, 5) is 0. The van der Waals surface area contributed by atoms with Crippen LogP contribution in [0.25, 0.3) is 0 Å². The van der Waals surface area contributed by atoms with Crippen molar-refractivity contribution in [2.24, 2.45) is 0 Å². The van der Waals surface area contributed by atoms with Crippen LogP contribution in [0.15, 0.2) is 24.3 Å². The van der Waals surface area contributed by atoms with E-state index in [0.29, 0.717) is 9.76 Å². The summed E-state index contributed by atoms with van der Waals surface area (Å²) in [6.45, 7) is 10.8. The third kappa shape index (κ3) is 5.31. The highest BCUT2D eigenvalue weighted by molar-refractivity contribution is 6.77. The summed E-state index contributed by atoms with van der Waals surface area (Å²) in [5, 5.41) is 1.32. The number of benzene rings is 1. The molecule has 0 saturated carbocycles. The van der Waals surface area contributed by atoms with E-state index in [9.17, 15) is 0 Å². The van der Waals surface area contributed by atoms with Crippen LogP contribution < -0.4 is 5.19 Å². The first-order valence-corrected chi connectivity index (χ1v) is 12.1. The topological polar surface area (TPSA) is 18.5 Å². The van der Waals surface area contributed by atoms with Crippen molar-refractivity contribution in [2.45, 2.75) is 39.5 Å². The molecule has 0 saturated heterocycles. The summed E-state index contributed by atoms with van der Waals surface area (Å²) in [5.74, 6) is 0. The third-order valence-corrected chi connectivity index (χ3v) is 8.94. The second-order valence-corrected chi connectivity index (χ2v) is 11.6. The van der Waals surface area contributed by atoms with Crippen LogP contribution in [-0.4, -0.2) is 27.4 Å². The van der Waals surface area contributed by atoms with Crippen molar-refractivity contribution in [3.63, 3.8) is 0 Å². The predicted molar refractivity (Wildman–Crippen MR) is 78.3 cm³/mol. The summed E-state index contributed by atoms with van der Waals surface area (Å²) in [6, 6.07) is 8.50. The molecule has 0 aliphatic rings. The van der Waals surface area contributed by atoms with Crippen molar-refractivity contribution in [2.75, 3.05) is 0 Å². The smallest absolute Gasteiger partial charge is 0.311 e. The highest BCUT2D eigenvalue weighted by Gasteiger charge is 2.26. The van der Waals surface area contributed by atoms with Crippen LogP contribution in [0.3, 0.4) is 0 Å². The molecule has 0 N–H and O–H groups in total. The molecule has 0 unspecified atom stereocenters.